The van der Waals surface area contributed by atoms with Gasteiger partial charge in [-0.2, -0.15) is 0 Å². The predicted octanol–water partition coefficient (Wildman–Crippen LogP) is 5.64. The number of ether oxygens (including phenoxy) is 2. The van der Waals surface area contributed by atoms with Crippen LogP contribution in [0, 0.1) is 3.57 Å². The third kappa shape index (κ3) is 7.68. The van der Waals surface area contributed by atoms with Gasteiger partial charge in [0.15, 0.2) is 11.5 Å². The van der Waals surface area contributed by atoms with E-state index in [9.17, 15) is 15.3 Å². The Morgan fingerprint density at radius 1 is 1.14 bits per heavy atom. The molecule has 1 atom stereocenters. The second-order valence-corrected chi connectivity index (χ2v) is 9.20. The summed E-state index contributed by atoms with van der Waals surface area (Å²) in [6.45, 7) is 4.05. The lowest BCUT2D eigenvalue weighted by atomic mass is 9.94. The summed E-state index contributed by atoms with van der Waals surface area (Å²) in [6, 6.07) is 18.7. The van der Waals surface area contributed by atoms with Crippen LogP contribution in [0.4, 0.5) is 0 Å². The number of hydrogen-bond donors (Lipinski definition) is 3. The molecule has 7 heteroatoms. The van der Waals surface area contributed by atoms with Gasteiger partial charge in [-0.1, -0.05) is 36.9 Å². The summed E-state index contributed by atoms with van der Waals surface area (Å²) in [4.78, 5) is 4.49. The first-order valence-corrected chi connectivity index (χ1v) is 12.5. The molecule has 36 heavy (non-hydrogen) atoms. The molecule has 1 heterocycles. The molecule has 1 unspecified atom stereocenters. The van der Waals surface area contributed by atoms with Crippen molar-refractivity contribution in [3.05, 3.63) is 105 Å². The van der Waals surface area contributed by atoms with Crippen molar-refractivity contribution >= 4 is 34.2 Å². The number of hydrogen-bond acceptors (Lipinski definition) is 6. The van der Waals surface area contributed by atoms with Crippen LogP contribution in [0.25, 0.3) is 11.6 Å². The van der Waals surface area contributed by atoms with E-state index in [1.54, 1.807) is 18.3 Å². The molecule has 0 saturated heterocycles. The molecule has 0 bridgehead atoms. The van der Waals surface area contributed by atoms with Gasteiger partial charge in [-0.15, -0.1) is 0 Å². The minimum Gasteiger partial charge on any atom is -0.504 e. The summed E-state index contributed by atoms with van der Waals surface area (Å²) in [5.41, 5.74) is 3.69. The van der Waals surface area contributed by atoms with Crippen molar-refractivity contribution in [1.82, 2.24) is 4.98 Å². The standard InChI is InChI=1S/C29H30INO5/c1-20(19-36-23-8-4-3-5-9-23)24(13-15-32)27(33)12-11-22(26-10-6-7-14-31-26)16-21-17-25(30)29(34)28(18-21)35-2/h3-10,13-14,16-18,27,32-34H,1,11-12,15,19H2,2H3/b22-16-,24-13-. The predicted molar refractivity (Wildman–Crippen MR) is 151 cm³/mol. The van der Waals surface area contributed by atoms with Gasteiger partial charge in [-0.05, 0) is 100 Å². The average molecular weight is 599 g/mol. The number of halogens is 1. The van der Waals surface area contributed by atoms with Gasteiger partial charge in [0.05, 0.1) is 29.1 Å². The van der Waals surface area contributed by atoms with Gasteiger partial charge >= 0.3 is 0 Å². The molecule has 0 radical (unpaired) electrons. The topological polar surface area (TPSA) is 92.0 Å². The Morgan fingerprint density at radius 3 is 2.56 bits per heavy atom. The van der Waals surface area contributed by atoms with Crippen LogP contribution in [0.5, 0.6) is 17.2 Å². The molecule has 0 aliphatic carbocycles. The lowest BCUT2D eigenvalue weighted by Gasteiger charge is -2.19. The fourth-order valence-electron chi connectivity index (χ4n) is 3.69. The molecule has 0 aliphatic rings. The second-order valence-electron chi connectivity index (χ2n) is 8.04. The van der Waals surface area contributed by atoms with Crippen LogP contribution < -0.4 is 9.47 Å². The quantitative estimate of drug-likeness (QED) is 0.185. The molecule has 0 fully saturated rings. The van der Waals surface area contributed by atoms with E-state index in [1.165, 1.54) is 7.11 Å². The van der Waals surface area contributed by atoms with E-state index < -0.39 is 6.10 Å². The number of aliphatic hydroxyl groups excluding tert-OH is 2. The number of phenolic OH excluding ortho intramolecular Hbond substituents is 1. The van der Waals surface area contributed by atoms with E-state index in [0.717, 1.165) is 16.8 Å². The van der Waals surface area contributed by atoms with Crippen molar-refractivity contribution in [2.75, 3.05) is 20.3 Å². The van der Waals surface area contributed by atoms with E-state index in [4.69, 9.17) is 9.47 Å². The summed E-state index contributed by atoms with van der Waals surface area (Å²) >= 11 is 2.06. The molecule has 0 amide bonds. The fourth-order valence-corrected chi connectivity index (χ4v) is 4.32. The van der Waals surface area contributed by atoms with E-state index in [-0.39, 0.29) is 19.0 Å². The Balaban J connectivity index is 1.79. The normalized spacial score (nSPS) is 12.8. The lowest BCUT2D eigenvalue weighted by Crippen LogP contribution is -2.16. The summed E-state index contributed by atoms with van der Waals surface area (Å²) in [5.74, 6) is 1.19. The highest BCUT2D eigenvalue weighted by atomic mass is 127. The Morgan fingerprint density at radius 2 is 1.89 bits per heavy atom. The number of aliphatic hydroxyl groups is 2. The van der Waals surface area contributed by atoms with Gasteiger partial charge in [-0.25, -0.2) is 0 Å². The average Bonchev–Trinajstić information content (AvgIpc) is 2.91. The van der Waals surface area contributed by atoms with Crippen molar-refractivity contribution in [3.8, 4) is 17.2 Å². The summed E-state index contributed by atoms with van der Waals surface area (Å²) < 4.78 is 11.7. The van der Waals surface area contributed by atoms with E-state index in [2.05, 4.69) is 34.2 Å². The molecule has 0 aliphatic heterocycles. The number of allylic oxidation sites excluding steroid dienone is 1. The Kier molecular flexibility index (Phi) is 10.5. The van der Waals surface area contributed by atoms with E-state index >= 15 is 0 Å². The van der Waals surface area contributed by atoms with E-state index in [1.807, 2.05) is 60.7 Å². The monoisotopic (exact) mass is 599 g/mol. The zero-order valence-corrected chi connectivity index (χ0v) is 22.3. The lowest BCUT2D eigenvalue weighted by molar-refractivity contribution is 0.200. The first kappa shape index (κ1) is 27.4. The maximum absolute atomic E-state index is 11.0. The molecule has 0 saturated carbocycles. The summed E-state index contributed by atoms with van der Waals surface area (Å²) in [6.07, 6.45) is 5.30. The second kappa shape index (κ2) is 13.8. The zero-order chi connectivity index (χ0) is 25.9. The molecular weight excluding hydrogens is 569 g/mol. The van der Waals surface area contributed by atoms with Gasteiger partial charge in [0.2, 0.25) is 0 Å². The molecule has 3 N–H and O–H groups in total. The highest BCUT2D eigenvalue weighted by Crippen LogP contribution is 2.34. The maximum atomic E-state index is 11.0. The number of para-hydroxylation sites is 1. The van der Waals surface area contributed by atoms with Crippen molar-refractivity contribution in [2.45, 2.75) is 18.9 Å². The zero-order valence-electron chi connectivity index (χ0n) is 20.1. The number of nitrogens with zero attached hydrogens (tertiary/aromatic N) is 1. The number of benzene rings is 2. The Hall–Kier alpha value is -3.14. The highest BCUT2D eigenvalue weighted by Gasteiger charge is 2.17. The van der Waals surface area contributed by atoms with Crippen LogP contribution >= 0.6 is 22.6 Å². The molecule has 3 aromatic rings. The smallest absolute Gasteiger partial charge is 0.171 e. The fraction of sp³-hybridized carbons (Fsp3) is 0.207. The van der Waals surface area contributed by atoms with Gasteiger partial charge in [0.25, 0.3) is 0 Å². The van der Waals surface area contributed by atoms with Crippen molar-refractivity contribution in [1.29, 1.82) is 0 Å². The Labute approximate surface area is 225 Å². The van der Waals surface area contributed by atoms with Crippen molar-refractivity contribution < 1.29 is 24.8 Å². The minimum absolute atomic E-state index is 0.0973. The Bertz CT molecular complexity index is 1210. The van der Waals surface area contributed by atoms with Gasteiger partial charge < -0.3 is 24.8 Å². The molecule has 0 spiro atoms. The number of phenols is 1. The van der Waals surface area contributed by atoms with Crippen LogP contribution in [-0.4, -0.2) is 46.7 Å². The van der Waals surface area contributed by atoms with E-state index in [0.29, 0.717) is 39.1 Å². The SMILES string of the molecule is C=C(COc1ccccc1)/C(=C/CO)C(O)CC/C(=C/c1cc(I)c(O)c(OC)c1)c1ccccn1. The number of aromatic nitrogens is 1. The number of rotatable bonds is 12. The van der Waals surface area contributed by atoms with Crippen LogP contribution in [0.1, 0.15) is 24.1 Å². The minimum atomic E-state index is -0.856. The van der Waals surface area contributed by atoms with Gasteiger partial charge in [0, 0.05) is 6.20 Å². The first-order valence-electron chi connectivity index (χ1n) is 11.5. The van der Waals surface area contributed by atoms with Crippen LogP contribution in [0.15, 0.2) is 90.7 Å². The first-order chi connectivity index (χ1) is 17.4. The van der Waals surface area contributed by atoms with Gasteiger partial charge in [0.1, 0.15) is 12.4 Å². The summed E-state index contributed by atoms with van der Waals surface area (Å²) in [7, 11) is 1.51. The van der Waals surface area contributed by atoms with Crippen molar-refractivity contribution in [3.63, 3.8) is 0 Å². The van der Waals surface area contributed by atoms with Gasteiger partial charge in [-0.3, -0.25) is 4.98 Å². The number of pyridine rings is 1. The molecule has 2 aromatic carbocycles. The van der Waals surface area contributed by atoms with Crippen LogP contribution in [-0.2, 0) is 0 Å². The molecular formula is C29H30INO5. The molecule has 188 valence electrons. The summed E-state index contributed by atoms with van der Waals surface area (Å²) in [5, 5.41) is 30.8. The third-order valence-corrected chi connectivity index (χ3v) is 6.35. The number of methoxy groups -OCH3 is 1. The third-order valence-electron chi connectivity index (χ3n) is 5.53. The molecule has 6 nitrogen and oxygen atoms in total. The van der Waals surface area contributed by atoms with Crippen LogP contribution in [0.2, 0.25) is 0 Å². The maximum Gasteiger partial charge on any atom is 0.171 e. The highest BCUT2D eigenvalue weighted by molar-refractivity contribution is 14.1. The number of aromatic hydroxyl groups is 1. The largest absolute Gasteiger partial charge is 0.504 e. The van der Waals surface area contributed by atoms with Crippen molar-refractivity contribution in [2.24, 2.45) is 0 Å². The molecule has 1 aromatic heterocycles. The molecule has 3 rings (SSSR count). The van der Waals surface area contributed by atoms with Crippen LogP contribution in [0.3, 0.4) is 0 Å².